The van der Waals surface area contributed by atoms with Crippen molar-refractivity contribution in [3.63, 3.8) is 0 Å². The summed E-state index contributed by atoms with van der Waals surface area (Å²) in [5.41, 5.74) is 13.0. The van der Waals surface area contributed by atoms with Gasteiger partial charge < -0.3 is 26.3 Å². The molecule has 33 heavy (non-hydrogen) atoms. The van der Waals surface area contributed by atoms with Crippen molar-refractivity contribution in [2.24, 2.45) is 5.73 Å². The molecule has 2 amide bonds. The molecule has 0 unspecified atom stereocenters. The lowest BCUT2D eigenvalue weighted by atomic mass is 10.1. The van der Waals surface area contributed by atoms with Gasteiger partial charge in [-0.05, 0) is 11.6 Å². The number of amides is 2. The van der Waals surface area contributed by atoms with Crippen LogP contribution in [-0.2, 0) is 29.2 Å². The number of hydrogen-bond donors (Lipinski definition) is 3. The summed E-state index contributed by atoms with van der Waals surface area (Å²) >= 11 is 5.76. The smallest absolute Gasteiger partial charge is 0.243 e. The summed E-state index contributed by atoms with van der Waals surface area (Å²) < 4.78 is 29.9. The second kappa shape index (κ2) is 9.28. The van der Waals surface area contributed by atoms with Crippen LogP contribution in [0.15, 0.2) is 30.7 Å². The second-order valence-corrected chi connectivity index (χ2v) is 8.18. The Morgan fingerprint density at radius 3 is 2.82 bits per heavy atom. The number of aromatic nitrogens is 3. The van der Waals surface area contributed by atoms with E-state index >= 15 is 0 Å². The fraction of sp³-hybridized carbons (Fsp3) is 0.333. The molecule has 1 saturated heterocycles. The lowest BCUT2D eigenvalue weighted by Crippen LogP contribution is -2.46. The van der Waals surface area contributed by atoms with Crippen LogP contribution < -0.4 is 16.8 Å². The fourth-order valence-corrected chi connectivity index (χ4v) is 4.23. The minimum Gasteiger partial charge on any atom is -0.383 e. The van der Waals surface area contributed by atoms with Crippen molar-refractivity contribution in [3.8, 4) is 0 Å². The highest BCUT2D eigenvalue weighted by Gasteiger charge is 2.39. The normalized spacial score (nSPS) is 18.1. The SMILES string of the molecule is NCc1cn(CC(=O)N2C[C@H](F)C[C@@H]2C(=O)NCc2cccc(Cl)c2F)c2ncnc(N)c12. The van der Waals surface area contributed by atoms with Gasteiger partial charge in [0.15, 0.2) is 0 Å². The lowest BCUT2D eigenvalue weighted by molar-refractivity contribution is -0.139. The second-order valence-electron chi connectivity index (χ2n) is 7.77. The first-order valence-corrected chi connectivity index (χ1v) is 10.6. The topological polar surface area (TPSA) is 132 Å². The molecule has 0 saturated carbocycles. The van der Waals surface area contributed by atoms with Crippen LogP contribution in [0.1, 0.15) is 17.5 Å². The molecule has 5 N–H and O–H groups in total. The molecular formula is C21H22ClF2N7O2. The first-order valence-electron chi connectivity index (χ1n) is 10.2. The van der Waals surface area contributed by atoms with Gasteiger partial charge in [-0.15, -0.1) is 0 Å². The van der Waals surface area contributed by atoms with Crippen molar-refractivity contribution in [2.45, 2.75) is 38.3 Å². The first-order chi connectivity index (χ1) is 15.8. The van der Waals surface area contributed by atoms with Gasteiger partial charge in [0.25, 0.3) is 0 Å². The van der Waals surface area contributed by atoms with Crippen molar-refractivity contribution in [3.05, 3.63) is 52.7 Å². The summed E-state index contributed by atoms with van der Waals surface area (Å²) in [6, 6.07) is 3.41. The molecule has 0 aliphatic carbocycles. The van der Waals surface area contributed by atoms with E-state index in [1.807, 2.05) is 0 Å². The number of carbonyl (C=O) groups excluding carboxylic acids is 2. The average Bonchev–Trinajstić information content (AvgIpc) is 3.36. The fourth-order valence-electron chi connectivity index (χ4n) is 4.03. The molecule has 0 bridgehead atoms. The average molecular weight is 478 g/mol. The quantitative estimate of drug-likeness (QED) is 0.493. The zero-order chi connectivity index (χ0) is 23.7. The van der Waals surface area contributed by atoms with Gasteiger partial charge in [-0.1, -0.05) is 23.7 Å². The van der Waals surface area contributed by atoms with E-state index in [0.717, 1.165) is 0 Å². The Bertz CT molecular complexity index is 1220. The number of nitrogens with zero attached hydrogens (tertiary/aromatic N) is 4. The Morgan fingerprint density at radius 2 is 2.06 bits per heavy atom. The van der Waals surface area contributed by atoms with Crippen LogP contribution in [0.4, 0.5) is 14.6 Å². The maximum Gasteiger partial charge on any atom is 0.243 e. The van der Waals surface area contributed by atoms with Gasteiger partial charge in [0.05, 0.1) is 17.0 Å². The van der Waals surface area contributed by atoms with Crippen molar-refractivity contribution in [1.29, 1.82) is 0 Å². The van der Waals surface area contributed by atoms with Crippen molar-refractivity contribution in [2.75, 3.05) is 12.3 Å². The Hall–Kier alpha value is -3.31. The molecule has 1 aliphatic rings. The highest BCUT2D eigenvalue weighted by atomic mass is 35.5. The number of rotatable bonds is 6. The van der Waals surface area contributed by atoms with Gasteiger partial charge in [0.1, 0.15) is 42.4 Å². The molecule has 1 aromatic carbocycles. The predicted octanol–water partition coefficient (Wildman–Crippen LogP) is 1.52. The number of anilines is 1. The number of benzene rings is 1. The molecule has 2 aromatic heterocycles. The number of halogens is 3. The third kappa shape index (κ3) is 4.46. The molecule has 1 fully saturated rings. The summed E-state index contributed by atoms with van der Waals surface area (Å²) in [7, 11) is 0. The van der Waals surface area contributed by atoms with Gasteiger partial charge in [0, 0.05) is 31.3 Å². The first kappa shape index (κ1) is 22.9. The number of alkyl halides is 1. The predicted molar refractivity (Wildman–Crippen MR) is 118 cm³/mol. The van der Waals surface area contributed by atoms with Gasteiger partial charge in [0.2, 0.25) is 11.8 Å². The maximum absolute atomic E-state index is 14.2. The summed E-state index contributed by atoms with van der Waals surface area (Å²) in [4.78, 5) is 35.1. The lowest BCUT2D eigenvalue weighted by Gasteiger charge is -2.24. The Morgan fingerprint density at radius 1 is 1.27 bits per heavy atom. The van der Waals surface area contributed by atoms with Crippen LogP contribution in [-0.4, -0.2) is 50.0 Å². The van der Waals surface area contributed by atoms with Crippen molar-refractivity contribution < 1.29 is 18.4 Å². The molecule has 1 aliphatic heterocycles. The molecule has 4 rings (SSSR count). The summed E-state index contributed by atoms with van der Waals surface area (Å²) in [5, 5.41) is 3.06. The molecule has 0 radical (unpaired) electrons. The third-order valence-electron chi connectivity index (χ3n) is 5.64. The van der Waals surface area contributed by atoms with E-state index in [1.54, 1.807) is 16.8 Å². The van der Waals surface area contributed by atoms with Crippen LogP contribution in [0.5, 0.6) is 0 Å². The Balaban J connectivity index is 1.50. The van der Waals surface area contributed by atoms with Crippen LogP contribution >= 0.6 is 11.6 Å². The molecule has 0 spiro atoms. The number of carbonyl (C=O) groups is 2. The standard InChI is InChI=1S/C21H22ClF2N7O2/c22-14-3-1-2-11(18(14)24)6-27-21(33)15-4-13(23)8-31(15)16(32)9-30-7-12(5-25)17-19(26)28-10-29-20(17)30/h1-3,7,10,13,15H,4-6,8-9,25H2,(H,27,33)(H2,26,28,29)/t13-,15-/m1/s1. The van der Waals surface area contributed by atoms with E-state index in [4.69, 9.17) is 23.1 Å². The molecule has 12 heteroatoms. The highest BCUT2D eigenvalue weighted by Crippen LogP contribution is 2.26. The molecule has 2 atom stereocenters. The van der Waals surface area contributed by atoms with E-state index in [0.29, 0.717) is 16.6 Å². The van der Waals surface area contributed by atoms with Crippen LogP contribution in [0, 0.1) is 5.82 Å². The third-order valence-corrected chi connectivity index (χ3v) is 5.94. The summed E-state index contributed by atoms with van der Waals surface area (Å²) in [6.07, 6.45) is 1.42. The number of nitrogens with one attached hydrogen (secondary N) is 1. The van der Waals surface area contributed by atoms with E-state index in [1.165, 1.54) is 23.4 Å². The van der Waals surface area contributed by atoms with Gasteiger partial charge in [-0.3, -0.25) is 9.59 Å². The van der Waals surface area contributed by atoms with Gasteiger partial charge in [-0.25, -0.2) is 18.7 Å². The molecule has 174 valence electrons. The Kier molecular flexibility index (Phi) is 6.43. The summed E-state index contributed by atoms with van der Waals surface area (Å²) in [6.45, 7) is -0.384. The van der Waals surface area contributed by atoms with Crippen molar-refractivity contribution >= 4 is 40.3 Å². The van der Waals surface area contributed by atoms with Crippen LogP contribution in [0.3, 0.4) is 0 Å². The van der Waals surface area contributed by atoms with E-state index in [-0.39, 0.29) is 49.0 Å². The van der Waals surface area contributed by atoms with E-state index in [2.05, 4.69) is 15.3 Å². The van der Waals surface area contributed by atoms with Crippen molar-refractivity contribution in [1.82, 2.24) is 24.8 Å². The maximum atomic E-state index is 14.2. The highest BCUT2D eigenvalue weighted by molar-refractivity contribution is 6.30. The number of hydrogen-bond acceptors (Lipinski definition) is 6. The number of nitrogen functional groups attached to an aromatic ring is 1. The minimum atomic E-state index is -1.36. The van der Waals surface area contributed by atoms with E-state index < -0.39 is 29.8 Å². The van der Waals surface area contributed by atoms with Gasteiger partial charge >= 0.3 is 0 Å². The van der Waals surface area contributed by atoms with Crippen LogP contribution in [0.2, 0.25) is 5.02 Å². The van der Waals surface area contributed by atoms with Crippen LogP contribution in [0.25, 0.3) is 11.0 Å². The molecular weight excluding hydrogens is 456 g/mol. The Labute approximate surface area is 192 Å². The summed E-state index contributed by atoms with van der Waals surface area (Å²) in [5.74, 6) is -1.45. The minimum absolute atomic E-state index is 0.0662. The number of fused-ring (bicyclic) bond motifs is 1. The molecule has 3 heterocycles. The zero-order valence-electron chi connectivity index (χ0n) is 17.5. The van der Waals surface area contributed by atoms with Gasteiger partial charge in [-0.2, -0.15) is 0 Å². The monoisotopic (exact) mass is 477 g/mol. The zero-order valence-corrected chi connectivity index (χ0v) is 18.2. The number of likely N-dealkylation sites (tertiary alicyclic amines) is 1. The van der Waals surface area contributed by atoms with E-state index in [9.17, 15) is 18.4 Å². The molecule has 3 aromatic rings. The largest absolute Gasteiger partial charge is 0.383 e. The molecule has 9 nitrogen and oxygen atoms in total. The number of nitrogens with two attached hydrogens (primary N) is 2.